The normalized spacial score (nSPS) is 12.1. The number of rotatable bonds is 7. The maximum atomic E-state index is 5.98. The summed E-state index contributed by atoms with van der Waals surface area (Å²) in [5.74, 6) is 1.91. The van der Waals surface area contributed by atoms with Gasteiger partial charge >= 0.3 is 0 Å². The molecular weight excluding hydrogens is 302 g/mol. The molecule has 21 heavy (non-hydrogen) atoms. The van der Waals surface area contributed by atoms with E-state index in [0.29, 0.717) is 6.04 Å². The van der Waals surface area contributed by atoms with Crippen LogP contribution in [-0.4, -0.2) is 19.4 Å². The molecule has 0 aliphatic heterocycles. The summed E-state index contributed by atoms with van der Waals surface area (Å²) >= 11 is 7.78. The molecular formula is C17H20ClNOS. The maximum absolute atomic E-state index is 5.98. The van der Waals surface area contributed by atoms with Crippen LogP contribution in [0, 0.1) is 0 Å². The van der Waals surface area contributed by atoms with Crippen molar-refractivity contribution in [3.05, 3.63) is 59.1 Å². The zero-order chi connectivity index (χ0) is 15.1. The van der Waals surface area contributed by atoms with Crippen molar-refractivity contribution in [1.82, 2.24) is 5.32 Å². The highest BCUT2D eigenvalue weighted by Gasteiger charge is 2.05. The van der Waals surface area contributed by atoms with Crippen molar-refractivity contribution in [3.63, 3.8) is 0 Å². The first-order valence-electron chi connectivity index (χ1n) is 6.95. The Bertz CT molecular complexity index is 576. The summed E-state index contributed by atoms with van der Waals surface area (Å²) in [6, 6.07) is 16.4. The van der Waals surface area contributed by atoms with E-state index in [0.717, 1.165) is 23.1 Å². The molecule has 0 unspecified atom stereocenters. The summed E-state index contributed by atoms with van der Waals surface area (Å²) in [7, 11) is 1.69. The van der Waals surface area contributed by atoms with Crippen LogP contribution in [0.4, 0.5) is 0 Å². The van der Waals surface area contributed by atoms with Gasteiger partial charge in [0.15, 0.2) is 0 Å². The summed E-state index contributed by atoms with van der Waals surface area (Å²) < 4.78 is 5.26. The molecule has 0 spiro atoms. The second-order valence-electron chi connectivity index (χ2n) is 4.76. The fraction of sp³-hybridized carbons (Fsp3) is 0.294. The van der Waals surface area contributed by atoms with E-state index in [-0.39, 0.29) is 0 Å². The van der Waals surface area contributed by atoms with Gasteiger partial charge in [0.2, 0.25) is 0 Å². The lowest BCUT2D eigenvalue weighted by molar-refractivity contribution is 0.413. The maximum Gasteiger partial charge on any atom is 0.119 e. The van der Waals surface area contributed by atoms with Gasteiger partial charge in [0.05, 0.1) is 7.11 Å². The molecule has 2 aromatic rings. The fourth-order valence-corrected chi connectivity index (χ4v) is 3.13. The Hall–Kier alpha value is -1.16. The smallest absolute Gasteiger partial charge is 0.119 e. The molecule has 2 aromatic carbocycles. The summed E-state index contributed by atoms with van der Waals surface area (Å²) in [6.07, 6.45) is 0. The van der Waals surface area contributed by atoms with Gasteiger partial charge in [0, 0.05) is 28.3 Å². The standard InChI is InChI=1S/C17H20ClNOS/c1-13(14-5-3-7-16(11-14)20-2)19-9-10-21-17-8-4-6-15(18)12-17/h3-8,11-13,19H,9-10H2,1-2H3/t13-/m1/s1. The predicted octanol–water partition coefficient (Wildman–Crippen LogP) is 4.79. The Balaban J connectivity index is 1.77. The topological polar surface area (TPSA) is 21.3 Å². The van der Waals surface area contributed by atoms with Gasteiger partial charge in [-0.25, -0.2) is 0 Å². The van der Waals surface area contributed by atoms with Crippen LogP contribution in [0.25, 0.3) is 0 Å². The van der Waals surface area contributed by atoms with Crippen molar-refractivity contribution >= 4 is 23.4 Å². The molecule has 0 amide bonds. The van der Waals surface area contributed by atoms with Gasteiger partial charge < -0.3 is 10.1 Å². The van der Waals surface area contributed by atoms with E-state index in [1.807, 2.05) is 42.1 Å². The van der Waals surface area contributed by atoms with Crippen molar-refractivity contribution in [2.75, 3.05) is 19.4 Å². The largest absolute Gasteiger partial charge is 0.497 e. The Kier molecular flexibility index (Phi) is 6.43. The number of methoxy groups -OCH3 is 1. The SMILES string of the molecule is COc1cccc([C@@H](C)NCCSc2cccc(Cl)c2)c1. The lowest BCUT2D eigenvalue weighted by Crippen LogP contribution is -2.21. The lowest BCUT2D eigenvalue weighted by Gasteiger charge is -2.15. The van der Waals surface area contributed by atoms with E-state index in [4.69, 9.17) is 16.3 Å². The van der Waals surface area contributed by atoms with Crippen LogP contribution in [0.15, 0.2) is 53.4 Å². The van der Waals surface area contributed by atoms with Crippen molar-refractivity contribution in [2.24, 2.45) is 0 Å². The monoisotopic (exact) mass is 321 g/mol. The van der Waals surface area contributed by atoms with Gasteiger partial charge in [-0.05, 0) is 42.8 Å². The number of hydrogen-bond donors (Lipinski definition) is 1. The molecule has 112 valence electrons. The average Bonchev–Trinajstić information content (AvgIpc) is 2.51. The molecule has 0 aliphatic carbocycles. The zero-order valence-corrected chi connectivity index (χ0v) is 13.9. The molecule has 0 radical (unpaired) electrons. The molecule has 0 fully saturated rings. The predicted molar refractivity (Wildman–Crippen MR) is 91.6 cm³/mol. The van der Waals surface area contributed by atoms with Gasteiger partial charge in [-0.15, -0.1) is 11.8 Å². The molecule has 0 saturated carbocycles. The highest BCUT2D eigenvalue weighted by molar-refractivity contribution is 7.99. The van der Waals surface area contributed by atoms with Crippen LogP contribution < -0.4 is 10.1 Å². The van der Waals surface area contributed by atoms with Crippen LogP contribution in [0.3, 0.4) is 0 Å². The van der Waals surface area contributed by atoms with Gasteiger partial charge in [0.25, 0.3) is 0 Å². The van der Waals surface area contributed by atoms with Crippen LogP contribution in [0.5, 0.6) is 5.75 Å². The Morgan fingerprint density at radius 2 is 2.00 bits per heavy atom. The van der Waals surface area contributed by atoms with E-state index in [2.05, 4.69) is 30.4 Å². The molecule has 2 nitrogen and oxygen atoms in total. The van der Waals surface area contributed by atoms with E-state index < -0.39 is 0 Å². The molecule has 0 aliphatic rings. The van der Waals surface area contributed by atoms with Crippen molar-refractivity contribution < 1.29 is 4.74 Å². The molecule has 1 atom stereocenters. The van der Waals surface area contributed by atoms with Gasteiger partial charge in [0.1, 0.15) is 5.75 Å². The number of halogens is 1. The number of thioether (sulfide) groups is 1. The van der Waals surface area contributed by atoms with Crippen LogP contribution in [0.2, 0.25) is 5.02 Å². The summed E-state index contributed by atoms with van der Waals surface area (Å²) in [5.41, 5.74) is 1.24. The first kappa shape index (κ1) is 16.2. The highest BCUT2D eigenvalue weighted by Crippen LogP contribution is 2.22. The third kappa shape index (κ3) is 5.27. The quantitative estimate of drug-likeness (QED) is 0.585. The molecule has 4 heteroatoms. The van der Waals surface area contributed by atoms with Gasteiger partial charge in [-0.2, -0.15) is 0 Å². The first-order chi connectivity index (χ1) is 10.2. The molecule has 0 heterocycles. The Morgan fingerprint density at radius 1 is 1.19 bits per heavy atom. The van der Waals surface area contributed by atoms with Crippen molar-refractivity contribution in [3.8, 4) is 5.75 Å². The van der Waals surface area contributed by atoms with Crippen molar-refractivity contribution in [2.45, 2.75) is 17.9 Å². The highest BCUT2D eigenvalue weighted by atomic mass is 35.5. The van der Waals surface area contributed by atoms with E-state index in [1.54, 1.807) is 7.11 Å². The second-order valence-corrected chi connectivity index (χ2v) is 6.36. The van der Waals surface area contributed by atoms with Crippen molar-refractivity contribution in [1.29, 1.82) is 0 Å². The first-order valence-corrected chi connectivity index (χ1v) is 8.31. The number of nitrogens with one attached hydrogen (secondary N) is 1. The Labute approximate surface area is 135 Å². The van der Waals surface area contributed by atoms with E-state index in [9.17, 15) is 0 Å². The minimum Gasteiger partial charge on any atom is -0.497 e. The van der Waals surface area contributed by atoms with Crippen LogP contribution in [-0.2, 0) is 0 Å². The molecule has 0 saturated heterocycles. The molecule has 2 rings (SSSR count). The molecule has 1 N–H and O–H groups in total. The molecule has 0 bridgehead atoms. The molecule has 0 aromatic heterocycles. The van der Waals surface area contributed by atoms with Crippen LogP contribution >= 0.6 is 23.4 Å². The summed E-state index contributed by atoms with van der Waals surface area (Å²) in [4.78, 5) is 1.21. The van der Waals surface area contributed by atoms with Gasteiger partial charge in [-0.1, -0.05) is 29.8 Å². The minimum atomic E-state index is 0.306. The third-order valence-electron chi connectivity index (χ3n) is 3.21. The third-order valence-corrected chi connectivity index (χ3v) is 4.44. The zero-order valence-electron chi connectivity index (χ0n) is 12.3. The van der Waals surface area contributed by atoms with Gasteiger partial charge in [-0.3, -0.25) is 0 Å². The minimum absolute atomic E-state index is 0.306. The average molecular weight is 322 g/mol. The number of ether oxygens (including phenoxy) is 1. The number of hydrogen-bond acceptors (Lipinski definition) is 3. The lowest BCUT2D eigenvalue weighted by atomic mass is 10.1. The van der Waals surface area contributed by atoms with Crippen LogP contribution in [0.1, 0.15) is 18.5 Å². The summed E-state index contributed by atoms with van der Waals surface area (Å²) in [5, 5.41) is 4.32. The number of benzene rings is 2. The Morgan fingerprint density at radius 3 is 2.76 bits per heavy atom. The van der Waals surface area contributed by atoms with E-state index >= 15 is 0 Å². The second kappa shape index (κ2) is 8.32. The fourth-order valence-electron chi connectivity index (χ4n) is 2.03. The summed E-state index contributed by atoms with van der Waals surface area (Å²) in [6.45, 7) is 3.11. The van der Waals surface area contributed by atoms with E-state index in [1.165, 1.54) is 10.5 Å².